The Kier molecular flexibility index (Phi) is 3.95. The summed E-state index contributed by atoms with van der Waals surface area (Å²) in [5.41, 5.74) is 8.56. The average Bonchev–Trinajstić information content (AvgIpc) is 2.72. The van der Waals surface area contributed by atoms with Crippen molar-refractivity contribution >= 4 is 0 Å². The summed E-state index contributed by atoms with van der Waals surface area (Å²) in [4.78, 5) is 0. The van der Waals surface area contributed by atoms with Crippen molar-refractivity contribution in [2.24, 2.45) is 5.73 Å². The molecule has 2 aromatic rings. The molecule has 0 spiro atoms. The molecular formula is C14H17F2N3. The predicted molar refractivity (Wildman–Crippen MR) is 69.6 cm³/mol. The fraction of sp³-hybridized carbons (Fsp3) is 0.357. The van der Waals surface area contributed by atoms with E-state index in [1.807, 2.05) is 24.6 Å². The minimum Gasteiger partial charge on any atom is -0.324 e. The van der Waals surface area contributed by atoms with E-state index >= 15 is 0 Å². The molecule has 102 valence electrons. The van der Waals surface area contributed by atoms with E-state index in [0.29, 0.717) is 12.0 Å². The molecule has 0 saturated heterocycles. The lowest BCUT2D eigenvalue weighted by Gasteiger charge is -2.13. The quantitative estimate of drug-likeness (QED) is 0.923. The SMILES string of the molecule is CCn1nc(C)cc1CC(N)c1ccc(F)c(F)c1. The highest BCUT2D eigenvalue weighted by atomic mass is 19.2. The van der Waals surface area contributed by atoms with E-state index in [0.717, 1.165) is 30.1 Å². The molecule has 0 saturated carbocycles. The van der Waals surface area contributed by atoms with Crippen molar-refractivity contribution in [3.8, 4) is 0 Å². The van der Waals surface area contributed by atoms with Gasteiger partial charge in [-0.3, -0.25) is 4.68 Å². The molecular weight excluding hydrogens is 248 g/mol. The first-order valence-corrected chi connectivity index (χ1v) is 6.25. The lowest BCUT2D eigenvalue weighted by Crippen LogP contribution is -2.16. The maximum Gasteiger partial charge on any atom is 0.159 e. The summed E-state index contributed by atoms with van der Waals surface area (Å²) >= 11 is 0. The van der Waals surface area contributed by atoms with Crippen LogP contribution < -0.4 is 5.73 Å². The van der Waals surface area contributed by atoms with E-state index in [1.165, 1.54) is 6.07 Å². The van der Waals surface area contributed by atoms with Crippen LogP contribution in [0, 0.1) is 18.6 Å². The highest BCUT2D eigenvalue weighted by molar-refractivity contribution is 5.23. The lowest BCUT2D eigenvalue weighted by atomic mass is 10.0. The molecule has 0 fully saturated rings. The van der Waals surface area contributed by atoms with Gasteiger partial charge in [0.25, 0.3) is 0 Å². The van der Waals surface area contributed by atoms with Crippen molar-refractivity contribution in [1.29, 1.82) is 0 Å². The first-order valence-electron chi connectivity index (χ1n) is 6.25. The Morgan fingerprint density at radius 1 is 1.26 bits per heavy atom. The van der Waals surface area contributed by atoms with Crippen LogP contribution in [0.1, 0.15) is 29.9 Å². The van der Waals surface area contributed by atoms with Gasteiger partial charge in [-0.25, -0.2) is 8.78 Å². The zero-order chi connectivity index (χ0) is 14.0. The monoisotopic (exact) mass is 265 g/mol. The average molecular weight is 265 g/mol. The highest BCUT2D eigenvalue weighted by Crippen LogP contribution is 2.19. The van der Waals surface area contributed by atoms with Gasteiger partial charge in [-0.2, -0.15) is 5.10 Å². The largest absolute Gasteiger partial charge is 0.324 e. The number of nitrogens with two attached hydrogens (primary N) is 1. The van der Waals surface area contributed by atoms with E-state index < -0.39 is 11.6 Å². The van der Waals surface area contributed by atoms with E-state index in [-0.39, 0.29) is 6.04 Å². The van der Waals surface area contributed by atoms with E-state index in [4.69, 9.17) is 5.73 Å². The normalized spacial score (nSPS) is 12.7. The first-order chi connectivity index (χ1) is 9.01. The van der Waals surface area contributed by atoms with Gasteiger partial charge in [0, 0.05) is 24.7 Å². The summed E-state index contributed by atoms with van der Waals surface area (Å²) in [5, 5.41) is 4.33. The van der Waals surface area contributed by atoms with E-state index in [1.54, 1.807) is 0 Å². The van der Waals surface area contributed by atoms with Gasteiger partial charge in [0.05, 0.1) is 5.69 Å². The molecule has 0 amide bonds. The van der Waals surface area contributed by atoms with Gasteiger partial charge in [-0.05, 0) is 37.6 Å². The van der Waals surface area contributed by atoms with Crippen LogP contribution in [0.25, 0.3) is 0 Å². The fourth-order valence-corrected chi connectivity index (χ4v) is 2.12. The van der Waals surface area contributed by atoms with Gasteiger partial charge < -0.3 is 5.73 Å². The second kappa shape index (κ2) is 5.48. The van der Waals surface area contributed by atoms with Crippen molar-refractivity contribution in [3.63, 3.8) is 0 Å². The molecule has 0 aliphatic heterocycles. The van der Waals surface area contributed by atoms with E-state index in [9.17, 15) is 8.78 Å². The van der Waals surface area contributed by atoms with Crippen LogP contribution in [0.3, 0.4) is 0 Å². The minimum absolute atomic E-state index is 0.378. The van der Waals surface area contributed by atoms with Crippen LogP contribution >= 0.6 is 0 Å². The minimum atomic E-state index is -0.867. The standard InChI is InChI=1S/C14H17F2N3/c1-3-19-11(6-9(2)18-19)8-14(17)10-4-5-12(15)13(16)7-10/h4-7,14H,3,8,17H2,1-2H3. The molecule has 2 N–H and O–H groups in total. The molecule has 19 heavy (non-hydrogen) atoms. The predicted octanol–water partition coefficient (Wildman–Crippen LogP) is 2.73. The van der Waals surface area contributed by atoms with Gasteiger partial charge >= 0.3 is 0 Å². The van der Waals surface area contributed by atoms with Crippen LogP contribution in [-0.2, 0) is 13.0 Å². The smallest absolute Gasteiger partial charge is 0.159 e. The Balaban J connectivity index is 2.20. The molecule has 0 aliphatic rings. The molecule has 2 rings (SSSR count). The van der Waals surface area contributed by atoms with E-state index in [2.05, 4.69) is 5.10 Å². The third-order valence-electron chi connectivity index (χ3n) is 3.09. The summed E-state index contributed by atoms with van der Waals surface area (Å²) in [6.45, 7) is 4.67. The zero-order valence-corrected chi connectivity index (χ0v) is 11.0. The van der Waals surface area contributed by atoms with Crippen LogP contribution in [0.2, 0.25) is 0 Å². The number of hydrogen-bond acceptors (Lipinski definition) is 2. The molecule has 3 nitrogen and oxygen atoms in total. The fourth-order valence-electron chi connectivity index (χ4n) is 2.12. The number of aromatic nitrogens is 2. The number of rotatable bonds is 4. The second-order valence-electron chi connectivity index (χ2n) is 4.58. The Morgan fingerprint density at radius 3 is 2.63 bits per heavy atom. The van der Waals surface area contributed by atoms with Crippen molar-refractivity contribution in [2.75, 3.05) is 0 Å². The van der Waals surface area contributed by atoms with Crippen LogP contribution in [0.4, 0.5) is 8.78 Å². The highest BCUT2D eigenvalue weighted by Gasteiger charge is 2.13. The van der Waals surface area contributed by atoms with Gasteiger partial charge in [0.2, 0.25) is 0 Å². The molecule has 1 unspecified atom stereocenters. The van der Waals surface area contributed by atoms with Crippen LogP contribution in [0.15, 0.2) is 24.3 Å². The van der Waals surface area contributed by atoms with Crippen LogP contribution in [0.5, 0.6) is 0 Å². The van der Waals surface area contributed by atoms with Crippen molar-refractivity contribution in [3.05, 3.63) is 52.9 Å². The third kappa shape index (κ3) is 2.98. The second-order valence-corrected chi connectivity index (χ2v) is 4.58. The summed E-state index contributed by atoms with van der Waals surface area (Å²) in [5.74, 6) is -1.72. The Bertz CT molecular complexity index is 578. The summed E-state index contributed by atoms with van der Waals surface area (Å²) < 4.78 is 27.9. The number of halogens is 2. The summed E-state index contributed by atoms with van der Waals surface area (Å²) in [6.07, 6.45) is 0.541. The molecule has 0 bridgehead atoms. The van der Waals surface area contributed by atoms with Gasteiger partial charge in [0.15, 0.2) is 11.6 Å². The molecule has 1 atom stereocenters. The van der Waals surface area contributed by atoms with Crippen molar-refractivity contribution < 1.29 is 8.78 Å². The van der Waals surface area contributed by atoms with Gasteiger partial charge in [0.1, 0.15) is 0 Å². The lowest BCUT2D eigenvalue weighted by molar-refractivity contribution is 0.504. The number of aryl methyl sites for hydroxylation is 2. The van der Waals surface area contributed by atoms with Crippen molar-refractivity contribution in [2.45, 2.75) is 32.9 Å². The number of benzene rings is 1. The topological polar surface area (TPSA) is 43.8 Å². The van der Waals surface area contributed by atoms with Gasteiger partial charge in [-0.15, -0.1) is 0 Å². The zero-order valence-electron chi connectivity index (χ0n) is 11.0. The Hall–Kier alpha value is -1.75. The molecule has 1 aromatic heterocycles. The summed E-state index contributed by atoms with van der Waals surface area (Å²) in [6, 6.07) is 5.36. The number of hydrogen-bond donors (Lipinski definition) is 1. The molecule has 0 aliphatic carbocycles. The molecule has 5 heteroatoms. The maximum absolute atomic E-state index is 13.2. The third-order valence-corrected chi connectivity index (χ3v) is 3.09. The van der Waals surface area contributed by atoms with Crippen molar-refractivity contribution in [1.82, 2.24) is 9.78 Å². The Labute approximate surface area is 111 Å². The Morgan fingerprint density at radius 2 is 2.00 bits per heavy atom. The number of nitrogens with zero attached hydrogens (tertiary/aromatic N) is 2. The first kappa shape index (κ1) is 13.7. The molecule has 0 radical (unpaired) electrons. The van der Waals surface area contributed by atoms with Gasteiger partial charge in [-0.1, -0.05) is 6.07 Å². The van der Waals surface area contributed by atoms with Crippen LogP contribution in [-0.4, -0.2) is 9.78 Å². The molecule has 1 aromatic carbocycles. The summed E-state index contributed by atoms with van der Waals surface area (Å²) in [7, 11) is 0. The maximum atomic E-state index is 13.2. The molecule has 1 heterocycles.